The Bertz CT molecular complexity index is 3730. The smallest absolute Gasteiger partial charge is 0.307 e. The van der Waals surface area contributed by atoms with Crippen LogP contribution in [0.5, 0.6) is 0 Å². The largest absolute Gasteiger partial charge is 0.481 e. The lowest BCUT2D eigenvalue weighted by atomic mass is 9.83. The first kappa shape index (κ1) is 118. The predicted octanol–water partition coefficient (Wildman–Crippen LogP) is 11.4. The minimum Gasteiger partial charge on any atom is -0.481 e. The quantitative estimate of drug-likeness (QED) is 0.0349. The molecule has 2 saturated heterocycles. The van der Waals surface area contributed by atoms with E-state index < -0.39 is 90.2 Å². The number of nitrogens with two attached hydrogens (primary N) is 2. The first-order valence-electron chi connectivity index (χ1n) is 48.1. The second-order valence-electron chi connectivity index (χ2n) is 37.3. The van der Waals surface area contributed by atoms with Gasteiger partial charge in [0, 0.05) is 136 Å². The number of carbonyl (C=O) groups excluding carboxylic acids is 8. The molecule has 2 fully saturated rings. The Balaban J connectivity index is 0.000000553. The topological polar surface area (TPSA) is 369 Å². The van der Waals surface area contributed by atoms with Gasteiger partial charge in [0.2, 0.25) is 23.6 Å². The van der Waals surface area contributed by atoms with E-state index in [2.05, 4.69) is 40.6 Å². The Morgan fingerprint density at radius 2 is 0.811 bits per heavy atom. The molecule has 0 radical (unpaired) electrons. The number of carbonyl (C=O) groups is 9. The summed E-state index contributed by atoms with van der Waals surface area (Å²) in [6.07, 6.45) is 5.02. The number of carboxylic acids is 1. The van der Waals surface area contributed by atoms with Crippen LogP contribution < -0.4 is 11.8 Å². The first-order valence-corrected chi connectivity index (χ1v) is 49.0. The van der Waals surface area contributed by atoms with Gasteiger partial charge in [-0.1, -0.05) is 170 Å². The zero-order valence-electron chi connectivity index (χ0n) is 84.0. The predicted molar refractivity (Wildman–Crippen MR) is 511 cm³/mol. The lowest BCUT2D eigenvalue weighted by Gasteiger charge is -2.41. The lowest BCUT2D eigenvalue weighted by Crippen LogP contribution is -2.54. The number of thiazole rings is 1. The maximum absolute atomic E-state index is 14.7. The maximum atomic E-state index is 14.7. The molecule has 5 N–H and O–H groups in total. The van der Waals surface area contributed by atoms with E-state index in [1.807, 2.05) is 159 Å². The van der Waals surface area contributed by atoms with Crippen LogP contribution in [0.25, 0.3) is 0 Å². The van der Waals surface area contributed by atoms with Crippen molar-refractivity contribution in [3.8, 4) is 0 Å². The van der Waals surface area contributed by atoms with Crippen molar-refractivity contribution in [1.29, 1.82) is 0 Å². The number of carboxylic acid groups (broad SMARTS) is 1. The summed E-state index contributed by atoms with van der Waals surface area (Å²) in [5.41, 5.74) is 1.99. The van der Waals surface area contributed by atoms with E-state index >= 15 is 0 Å². The standard InChI is InChI=1S/C51H85N5O10S.C49H84N4O12/c1-12-37(6)48(55(9)51(60)41(35(2)3)33-44(58)47(36(4)5)54(8)22-23-63-24-25-64-26-27-65-28-29-66-52)45(61-10)34-46(59)56-21-16-19-42(56)49(62-11)38(7)43(57)32-40(50-53-20-30-67-50)31-39-17-14-13-15-18-39;1-12-35(6)46(52(9)48(57)39(33(2)3)31-42(55)45(34(4)5)51(8)21-22-62-23-24-63-25-26-64-27-28-65-50)43(60-10)32-44(56)53-20-16-19-40(53)47(61-11)36(7)41(54)30-38(49(58)59)29-37-17-14-13-15-18-37/h13-15,17-18,20,30,35-38,40-42,45,47-49H,12,16,19,21-29,31-34,52H2,1-11H3;13-15,17-18,33-36,38-40,43,45-47H,12,16,19-32,50H2,1-11H3,(H,58,59)/t37-,38-,40+,41-,42-,45+,47-,48-,49+;35-,36-,38+,39-,40-,43+,45-,46-,47+/m00/s1. The Morgan fingerprint density at radius 3 is 1.13 bits per heavy atom. The number of hydrogen-bond acceptors (Lipinski definition) is 27. The van der Waals surface area contributed by atoms with Crippen LogP contribution in [0, 0.1) is 65.1 Å². The number of methoxy groups -OCH3 is 4. The monoisotopic (exact) mass is 1880 g/mol. The molecule has 2 aromatic carbocycles. The number of hydrogen-bond donors (Lipinski definition) is 3. The number of benzene rings is 2. The molecule has 32 heteroatoms. The fraction of sp³-hybridized carbons (Fsp3) is 0.760. The highest BCUT2D eigenvalue weighted by Crippen LogP contribution is 2.37. The number of nitrogens with zero attached hydrogens (tertiary/aromatic N) is 7. The Hall–Kier alpha value is -6.54. The van der Waals surface area contributed by atoms with Gasteiger partial charge < -0.3 is 81.7 Å². The summed E-state index contributed by atoms with van der Waals surface area (Å²) >= 11 is 1.57. The van der Waals surface area contributed by atoms with Crippen LogP contribution in [-0.2, 0) is 113 Å². The molecule has 0 bridgehead atoms. The number of Topliss-reactive ketones (excluding diaryl/α,β-unsaturated/α-hetero) is 4. The zero-order chi connectivity index (χ0) is 98.1. The summed E-state index contributed by atoms with van der Waals surface area (Å²) < 4.78 is 57.6. The van der Waals surface area contributed by atoms with Gasteiger partial charge in [0.1, 0.15) is 11.6 Å². The van der Waals surface area contributed by atoms with Crippen molar-refractivity contribution in [1.82, 2.24) is 34.4 Å². The van der Waals surface area contributed by atoms with Gasteiger partial charge >= 0.3 is 5.97 Å². The van der Waals surface area contributed by atoms with Crippen molar-refractivity contribution in [3.05, 3.63) is 88.4 Å². The molecule has 752 valence electrons. The van der Waals surface area contributed by atoms with E-state index in [1.54, 1.807) is 74.6 Å². The Kier molecular flexibility index (Phi) is 57.6. The highest BCUT2D eigenvalue weighted by molar-refractivity contribution is 7.09. The molecule has 5 rings (SSSR count). The molecule has 0 unspecified atom stereocenters. The van der Waals surface area contributed by atoms with Gasteiger partial charge in [-0.05, 0) is 99.3 Å². The van der Waals surface area contributed by atoms with Gasteiger partial charge in [-0.2, -0.15) is 0 Å². The molecule has 132 heavy (non-hydrogen) atoms. The normalized spacial score (nSPS) is 18.0. The van der Waals surface area contributed by atoms with Crippen LogP contribution in [0.2, 0.25) is 0 Å². The minimum atomic E-state index is -1.03. The molecule has 2 aliphatic rings. The van der Waals surface area contributed by atoms with Crippen molar-refractivity contribution >= 4 is 64.1 Å². The average Bonchev–Trinajstić information content (AvgIpc) is 1.78. The number of aliphatic carboxylic acids is 1. The van der Waals surface area contributed by atoms with Crippen LogP contribution in [0.3, 0.4) is 0 Å². The van der Waals surface area contributed by atoms with Gasteiger partial charge in [-0.15, -0.1) is 11.3 Å². The van der Waals surface area contributed by atoms with Gasteiger partial charge in [-0.3, -0.25) is 53.0 Å². The van der Waals surface area contributed by atoms with Gasteiger partial charge in [0.25, 0.3) is 0 Å². The third-order valence-electron chi connectivity index (χ3n) is 26.7. The molecule has 2 aliphatic heterocycles. The third kappa shape index (κ3) is 38.8. The summed E-state index contributed by atoms with van der Waals surface area (Å²) in [6, 6.07) is 17.0. The average molecular weight is 1880 g/mol. The molecule has 4 amide bonds. The molecule has 18 atom stereocenters. The highest BCUT2D eigenvalue weighted by Gasteiger charge is 2.47. The van der Waals surface area contributed by atoms with Crippen LogP contribution in [0.4, 0.5) is 0 Å². The second kappa shape index (κ2) is 64.5. The summed E-state index contributed by atoms with van der Waals surface area (Å²) in [4.78, 5) is 151. The fourth-order valence-corrected chi connectivity index (χ4v) is 19.7. The molecule has 0 aliphatic carbocycles. The van der Waals surface area contributed by atoms with E-state index in [0.29, 0.717) is 138 Å². The second-order valence-corrected chi connectivity index (χ2v) is 38.2. The van der Waals surface area contributed by atoms with Crippen LogP contribution >= 0.6 is 11.3 Å². The minimum absolute atomic E-state index is 0.00424. The number of ether oxygens (including phenoxy) is 10. The number of aromatic nitrogens is 1. The van der Waals surface area contributed by atoms with Crippen LogP contribution in [0.15, 0.2) is 72.2 Å². The van der Waals surface area contributed by atoms with E-state index in [1.165, 1.54) is 7.11 Å². The number of ketones is 4. The molecule has 31 nitrogen and oxygen atoms in total. The summed E-state index contributed by atoms with van der Waals surface area (Å²) in [6.45, 7) is 35.6. The molecular weight excluding hydrogens is 1710 g/mol. The lowest BCUT2D eigenvalue weighted by molar-refractivity contribution is -0.149. The molecule has 0 saturated carbocycles. The van der Waals surface area contributed by atoms with Crippen molar-refractivity contribution < 1.29 is 105 Å². The Labute approximate surface area is 793 Å². The van der Waals surface area contributed by atoms with Crippen LogP contribution in [0.1, 0.15) is 196 Å². The number of likely N-dealkylation sites (N-methyl/N-ethyl adjacent to an activating group) is 4. The van der Waals surface area contributed by atoms with E-state index in [-0.39, 0.29) is 133 Å². The SMILES string of the molecule is CC[C@H](C)[C@@H]([C@@H](CC(=O)N1CCC[C@H]1[C@H](OC)[C@@H](C)C(=O)C[C@@H](Cc1ccccc1)C(=O)O)OC)N(C)C(=O)[C@@H](CC(=O)[C@H](C(C)C)N(C)CCOCCOCCOCCON)C(C)C.CC[C@H](C)[C@@H]([C@@H](CC(=O)N1CCC[C@H]1[C@H](OC)[C@@H](C)C(=O)C[C@@H](Cc1ccccc1)c1nccs1)OC)N(C)C(=O)[C@@H](CC(=O)[C@H](C(C)C)N(C)CCOCCOCCOCCON)C(C)C. The molecular formula is C100H169N9O22S. The van der Waals surface area contributed by atoms with Crippen molar-refractivity contribution in [2.75, 3.05) is 175 Å². The first-order chi connectivity index (χ1) is 63.0. The molecule has 3 heterocycles. The van der Waals surface area contributed by atoms with Crippen molar-refractivity contribution in [2.24, 2.45) is 76.9 Å². The fourth-order valence-electron chi connectivity index (χ4n) is 18.9. The van der Waals surface area contributed by atoms with Gasteiger partial charge in [0.15, 0.2) is 11.6 Å². The van der Waals surface area contributed by atoms with Gasteiger partial charge in [-0.25, -0.2) is 16.8 Å². The highest BCUT2D eigenvalue weighted by atomic mass is 32.1. The molecule has 3 aromatic rings. The third-order valence-corrected chi connectivity index (χ3v) is 27.7. The van der Waals surface area contributed by atoms with E-state index in [0.717, 1.165) is 48.2 Å². The molecule has 0 spiro atoms. The number of likely N-dealkylation sites (tertiary alicyclic amines) is 2. The van der Waals surface area contributed by atoms with Crippen molar-refractivity contribution in [3.63, 3.8) is 0 Å². The summed E-state index contributed by atoms with van der Waals surface area (Å²) in [5.74, 6) is 4.67. The number of rotatable bonds is 70. The summed E-state index contributed by atoms with van der Waals surface area (Å²) in [5, 5.41) is 12.9. The summed E-state index contributed by atoms with van der Waals surface area (Å²) in [7, 11) is 13.7. The van der Waals surface area contributed by atoms with Crippen molar-refractivity contribution in [2.45, 2.75) is 253 Å². The van der Waals surface area contributed by atoms with Gasteiger partial charge in [0.05, 0.1) is 177 Å². The zero-order valence-corrected chi connectivity index (χ0v) is 84.8. The van der Waals surface area contributed by atoms with E-state index in [9.17, 15) is 48.3 Å². The molecule has 1 aromatic heterocycles. The van der Waals surface area contributed by atoms with E-state index in [4.69, 9.17) is 59.2 Å². The van der Waals surface area contributed by atoms with Crippen LogP contribution in [-0.4, -0.2) is 328 Å². The Morgan fingerprint density at radius 1 is 0.455 bits per heavy atom. The number of amides is 4. The maximum Gasteiger partial charge on any atom is 0.307 e.